The quantitative estimate of drug-likeness (QED) is 0.909. The van der Waals surface area contributed by atoms with Gasteiger partial charge in [-0.2, -0.15) is 5.26 Å². The Bertz CT molecular complexity index is 695. The van der Waals surface area contributed by atoms with Crippen LogP contribution in [0.5, 0.6) is 5.75 Å². The van der Waals surface area contributed by atoms with Crippen molar-refractivity contribution in [1.82, 2.24) is 4.98 Å². The fraction of sp³-hybridized carbons (Fsp3) is 0.0714. The normalized spacial score (nSPS) is 9.80. The van der Waals surface area contributed by atoms with Crippen LogP contribution >= 0.6 is 11.6 Å². The third-order valence-corrected chi connectivity index (χ3v) is 2.95. The molecule has 6 heteroatoms. The molecule has 1 aromatic carbocycles. The summed E-state index contributed by atoms with van der Waals surface area (Å²) in [5.41, 5.74) is 0.980. The molecule has 0 atom stereocenters. The molecule has 0 fully saturated rings. The van der Waals surface area contributed by atoms with Crippen molar-refractivity contribution in [3.05, 3.63) is 52.7 Å². The second-order valence-electron chi connectivity index (χ2n) is 3.97. The van der Waals surface area contributed by atoms with Gasteiger partial charge in [0, 0.05) is 16.8 Å². The minimum atomic E-state index is -0.440. The van der Waals surface area contributed by atoms with E-state index in [1.165, 1.54) is 18.3 Å². The molecule has 0 unspecified atom stereocenters. The molecule has 1 aromatic heterocycles. The molecule has 100 valence electrons. The second-order valence-corrected chi connectivity index (χ2v) is 4.37. The molecule has 20 heavy (non-hydrogen) atoms. The zero-order chi connectivity index (χ0) is 14.5. The summed E-state index contributed by atoms with van der Waals surface area (Å²) < 4.78 is 0. The van der Waals surface area contributed by atoms with Crippen LogP contribution in [0.2, 0.25) is 5.02 Å². The molecule has 1 amide bonds. The number of nitriles is 1. The number of benzene rings is 1. The number of hydrogen-bond donors (Lipinski definition) is 2. The van der Waals surface area contributed by atoms with Crippen LogP contribution in [-0.2, 0) is 6.42 Å². The maximum Gasteiger partial charge on any atom is 0.256 e. The van der Waals surface area contributed by atoms with Gasteiger partial charge in [0.2, 0.25) is 0 Å². The Morgan fingerprint density at radius 2 is 2.25 bits per heavy atom. The van der Waals surface area contributed by atoms with Gasteiger partial charge in [-0.05, 0) is 29.8 Å². The molecule has 0 saturated carbocycles. The maximum atomic E-state index is 12.0. The van der Waals surface area contributed by atoms with E-state index in [4.69, 9.17) is 16.9 Å². The third-order valence-electron chi connectivity index (χ3n) is 2.60. The molecule has 2 N–H and O–H groups in total. The van der Waals surface area contributed by atoms with E-state index < -0.39 is 5.91 Å². The van der Waals surface area contributed by atoms with Crippen molar-refractivity contribution >= 4 is 23.3 Å². The Morgan fingerprint density at radius 3 is 2.90 bits per heavy atom. The largest absolute Gasteiger partial charge is 0.504 e. The van der Waals surface area contributed by atoms with Crippen LogP contribution in [0.1, 0.15) is 15.9 Å². The summed E-state index contributed by atoms with van der Waals surface area (Å²) in [6.45, 7) is 0. The molecule has 1 heterocycles. The van der Waals surface area contributed by atoms with Crippen molar-refractivity contribution in [2.75, 3.05) is 5.32 Å². The Labute approximate surface area is 120 Å². The first-order valence-corrected chi connectivity index (χ1v) is 6.10. The molecule has 2 aromatic rings. The van der Waals surface area contributed by atoms with E-state index in [1.807, 2.05) is 6.07 Å². The lowest BCUT2D eigenvalue weighted by atomic mass is 10.1. The van der Waals surface area contributed by atoms with E-state index in [1.54, 1.807) is 18.2 Å². The van der Waals surface area contributed by atoms with Crippen molar-refractivity contribution in [3.8, 4) is 11.8 Å². The summed E-state index contributed by atoms with van der Waals surface area (Å²) in [4.78, 5) is 15.9. The molecule has 2 rings (SSSR count). The van der Waals surface area contributed by atoms with Gasteiger partial charge < -0.3 is 10.4 Å². The maximum absolute atomic E-state index is 12.0. The Morgan fingerprint density at radius 1 is 1.45 bits per heavy atom. The third kappa shape index (κ3) is 3.05. The number of anilines is 1. The van der Waals surface area contributed by atoms with E-state index in [2.05, 4.69) is 10.3 Å². The number of aromatic hydroxyl groups is 1. The van der Waals surface area contributed by atoms with E-state index >= 15 is 0 Å². The lowest BCUT2D eigenvalue weighted by molar-refractivity contribution is 0.102. The van der Waals surface area contributed by atoms with Crippen molar-refractivity contribution in [2.24, 2.45) is 0 Å². The summed E-state index contributed by atoms with van der Waals surface area (Å²) in [6.07, 6.45) is 1.64. The average molecular weight is 288 g/mol. The number of amides is 1. The first-order valence-electron chi connectivity index (χ1n) is 5.72. The molecular weight excluding hydrogens is 278 g/mol. The van der Waals surface area contributed by atoms with E-state index in [-0.39, 0.29) is 18.0 Å². The molecule has 0 saturated heterocycles. The van der Waals surface area contributed by atoms with Gasteiger partial charge in [-0.15, -0.1) is 0 Å². The predicted octanol–water partition coefficient (Wildman–Crippen LogP) is 2.76. The monoisotopic (exact) mass is 287 g/mol. The Balaban J connectivity index is 2.20. The number of aromatic nitrogens is 1. The van der Waals surface area contributed by atoms with Gasteiger partial charge in [0.05, 0.1) is 12.5 Å². The molecule has 5 nitrogen and oxygen atoms in total. The van der Waals surface area contributed by atoms with Crippen LogP contribution in [0, 0.1) is 11.3 Å². The Hall–Kier alpha value is -2.58. The molecule has 0 spiro atoms. The Kier molecular flexibility index (Phi) is 4.18. The van der Waals surface area contributed by atoms with E-state index in [0.29, 0.717) is 16.1 Å². The summed E-state index contributed by atoms with van der Waals surface area (Å²) in [5, 5.41) is 21.0. The zero-order valence-corrected chi connectivity index (χ0v) is 11.1. The van der Waals surface area contributed by atoms with Gasteiger partial charge >= 0.3 is 0 Å². The zero-order valence-electron chi connectivity index (χ0n) is 10.3. The second kappa shape index (κ2) is 6.04. The molecular formula is C14H10ClN3O2. The number of nitrogens with one attached hydrogen (secondary N) is 1. The summed E-state index contributed by atoms with van der Waals surface area (Å²) >= 11 is 5.99. The fourth-order valence-corrected chi connectivity index (χ4v) is 1.84. The number of carbonyl (C=O) groups excluding carboxylic acids is 1. The highest BCUT2D eigenvalue weighted by atomic mass is 35.5. The van der Waals surface area contributed by atoms with Gasteiger partial charge in [0.25, 0.3) is 5.91 Å². The number of halogens is 1. The first-order chi connectivity index (χ1) is 9.61. The SMILES string of the molecule is N#CCc1ccc(C(=O)Nc2ncccc2O)cc1Cl. The number of nitrogens with zero attached hydrogens (tertiary/aromatic N) is 2. The highest BCUT2D eigenvalue weighted by Crippen LogP contribution is 2.21. The van der Waals surface area contributed by atoms with Gasteiger partial charge in [0.15, 0.2) is 11.6 Å². The average Bonchev–Trinajstić information content (AvgIpc) is 2.43. The first kappa shape index (κ1) is 13.8. The van der Waals surface area contributed by atoms with Gasteiger partial charge in [0.1, 0.15) is 0 Å². The highest BCUT2D eigenvalue weighted by molar-refractivity contribution is 6.31. The molecule has 0 bridgehead atoms. The predicted molar refractivity (Wildman–Crippen MR) is 74.6 cm³/mol. The summed E-state index contributed by atoms with van der Waals surface area (Å²) in [7, 11) is 0. The van der Waals surface area contributed by atoms with Gasteiger partial charge in [-0.25, -0.2) is 4.98 Å². The van der Waals surface area contributed by atoms with Crippen LogP contribution in [0.4, 0.5) is 5.82 Å². The van der Waals surface area contributed by atoms with E-state index in [9.17, 15) is 9.90 Å². The minimum Gasteiger partial charge on any atom is -0.504 e. The molecule has 0 aliphatic rings. The van der Waals surface area contributed by atoms with Crippen LogP contribution in [-0.4, -0.2) is 16.0 Å². The van der Waals surface area contributed by atoms with Crippen LogP contribution < -0.4 is 5.32 Å². The fourth-order valence-electron chi connectivity index (χ4n) is 1.59. The van der Waals surface area contributed by atoms with Gasteiger partial charge in [-0.3, -0.25) is 4.79 Å². The summed E-state index contributed by atoms with van der Waals surface area (Å²) in [6, 6.07) is 9.63. The highest BCUT2D eigenvalue weighted by Gasteiger charge is 2.11. The lowest BCUT2D eigenvalue weighted by Crippen LogP contribution is -2.13. The molecule has 0 aliphatic carbocycles. The standard InChI is InChI=1S/C14H10ClN3O2/c15-11-8-10(4-3-9(11)5-6-16)14(20)18-13-12(19)2-1-7-17-13/h1-4,7-8,19H,5H2,(H,17,18,20). The smallest absolute Gasteiger partial charge is 0.256 e. The van der Waals surface area contributed by atoms with Crippen LogP contribution in [0.15, 0.2) is 36.5 Å². The number of hydrogen-bond acceptors (Lipinski definition) is 4. The number of pyridine rings is 1. The summed E-state index contributed by atoms with van der Waals surface area (Å²) in [5.74, 6) is -0.479. The van der Waals surface area contributed by atoms with Crippen molar-refractivity contribution in [1.29, 1.82) is 5.26 Å². The van der Waals surface area contributed by atoms with Crippen LogP contribution in [0.25, 0.3) is 0 Å². The molecule has 0 aliphatic heterocycles. The number of rotatable bonds is 3. The molecule has 0 radical (unpaired) electrons. The van der Waals surface area contributed by atoms with E-state index in [0.717, 1.165) is 0 Å². The lowest BCUT2D eigenvalue weighted by Gasteiger charge is -2.07. The van der Waals surface area contributed by atoms with Crippen molar-refractivity contribution in [3.63, 3.8) is 0 Å². The number of carbonyl (C=O) groups is 1. The topological polar surface area (TPSA) is 86.0 Å². The minimum absolute atomic E-state index is 0.0784. The van der Waals surface area contributed by atoms with Crippen molar-refractivity contribution in [2.45, 2.75) is 6.42 Å². The van der Waals surface area contributed by atoms with Crippen molar-refractivity contribution < 1.29 is 9.90 Å². The van der Waals surface area contributed by atoms with Gasteiger partial charge in [-0.1, -0.05) is 17.7 Å². The van der Waals surface area contributed by atoms with Crippen LogP contribution in [0.3, 0.4) is 0 Å².